The van der Waals surface area contributed by atoms with Crippen molar-refractivity contribution >= 4 is 11.9 Å². The molecule has 3 amide bonds. The van der Waals surface area contributed by atoms with Crippen molar-refractivity contribution in [2.45, 2.75) is 26.3 Å². The van der Waals surface area contributed by atoms with Crippen LogP contribution in [0.4, 0.5) is 4.79 Å². The van der Waals surface area contributed by atoms with Gasteiger partial charge in [0.1, 0.15) is 0 Å². The lowest BCUT2D eigenvalue weighted by Gasteiger charge is -2.32. The smallest absolute Gasteiger partial charge is 0.315 e. The van der Waals surface area contributed by atoms with Gasteiger partial charge in [-0.1, -0.05) is 6.92 Å². The number of amides is 3. The lowest BCUT2D eigenvalue weighted by Crippen LogP contribution is -2.51. The second-order valence-electron chi connectivity index (χ2n) is 4.82. The summed E-state index contributed by atoms with van der Waals surface area (Å²) in [4.78, 5) is 27.3. The van der Waals surface area contributed by atoms with Gasteiger partial charge in [-0.05, 0) is 20.4 Å². The van der Waals surface area contributed by atoms with Crippen LogP contribution in [0.5, 0.6) is 0 Å². The van der Waals surface area contributed by atoms with Gasteiger partial charge in [-0.3, -0.25) is 4.79 Å². The molecule has 1 rings (SSSR count). The Balaban J connectivity index is 2.22. The molecule has 0 aromatic heterocycles. The Morgan fingerprint density at radius 2 is 1.83 bits per heavy atom. The second-order valence-corrected chi connectivity index (χ2v) is 4.82. The number of nitrogens with one attached hydrogen (secondary N) is 2. The van der Waals surface area contributed by atoms with E-state index < -0.39 is 0 Å². The fraction of sp³-hybridized carbons (Fsp3) is 0.833. The zero-order valence-electron chi connectivity index (χ0n) is 11.5. The fourth-order valence-corrected chi connectivity index (χ4v) is 1.70. The van der Waals surface area contributed by atoms with Crippen molar-refractivity contribution in [1.82, 2.24) is 20.4 Å². The average molecular weight is 256 g/mol. The van der Waals surface area contributed by atoms with Gasteiger partial charge in [-0.15, -0.1) is 0 Å². The molecule has 2 N–H and O–H groups in total. The van der Waals surface area contributed by atoms with E-state index in [1.807, 2.05) is 20.9 Å². The molecular weight excluding hydrogens is 232 g/mol. The van der Waals surface area contributed by atoms with Crippen LogP contribution < -0.4 is 10.6 Å². The number of rotatable bonds is 4. The second kappa shape index (κ2) is 7.20. The molecule has 104 valence electrons. The molecule has 0 aromatic carbocycles. The van der Waals surface area contributed by atoms with E-state index in [2.05, 4.69) is 15.5 Å². The lowest BCUT2D eigenvalue weighted by molar-refractivity contribution is -0.131. The van der Waals surface area contributed by atoms with E-state index in [0.717, 1.165) is 32.6 Å². The summed E-state index contributed by atoms with van der Waals surface area (Å²) in [5.74, 6) is -0.0117. The minimum atomic E-state index is -0.271. The molecule has 0 bridgehead atoms. The van der Waals surface area contributed by atoms with Gasteiger partial charge in [0, 0.05) is 32.2 Å². The predicted octanol–water partition coefficient (Wildman–Crippen LogP) is -0.142. The van der Waals surface area contributed by atoms with Crippen LogP contribution in [-0.2, 0) is 4.79 Å². The molecule has 0 aliphatic carbocycles. The van der Waals surface area contributed by atoms with Crippen molar-refractivity contribution < 1.29 is 9.59 Å². The van der Waals surface area contributed by atoms with Crippen LogP contribution in [0.2, 0.25) is 0 Å². The van der Waals surface area contributed by atoms with Crippen LogP contribution in [0.1, 0.15) is 20.3 Å². The van der Waals surface area contributed by atoms with Crippen molar-refractivity contribution in [2.24, 2.45) is 0 Å². The third-order valence-corrected chi connectivity index (χ3v) is 3.25. The van der Waals surface area contributed by atoms with Crippen molar-refractivity contribution in [1.29, 1.82) is 0 Å². The molecule has 0 saturated carbocycles. The first-order chi connectivity index (χ1) is 8.52. The van der Waals surface area contributed by atoms with Gasteiger partial charge in [0.05, 0.1) is 6.54 Å². The maximum Gasteiger partial charge on any atom is 0.315 e. The summed E-state index contributed by atoms with van der Waals surface area (Å²) < 4.78 is 0. The first-order valence-electron chi connectivity index (χ1n) is 6.53. The molecule has 1 heterocycles. The van der Waals surface area contributed by atoms with Crippen LogP contribution >= 0.6 is 0 Å². The lowest BCUT2D eigenvalue weighted by atomic mass is 10.3. The van der Waals surface area contributed by atoms with E-state index >= 15 is 0 Å². The molecule has 0 radical (unpaired) electrons. The highest BCUT2D eigenvalue weighted by Crippen LogP contribution is 1.98. The van der Waals surface area contributed by atoms with Gasteiger partial charge in [-0.25, -0.2) is 4.79 Å². The Bertz CT molecular complexity index is 288. The molecule has 0 spiro atoms. The predicted molar refractivity (Wildman–Crippen MR) is 70.4 cm³/mol. The van der Waals surface area contributed by atoms with E-state index in [1.165, 1.54) is 0 Å². The molecule has 0 aromatic rings. The first-order valence-corrected chi connectivity index (χ1v) is 6.53. The maximum absolute atomic E-state index is 11.8. The molecule has 6 heteroatoms. The minimum absolute atomic E-state index is 0.0117. The number of hydrogen-bond donors (Lipinski definition) is 2. The normalized spacial score (nSPS) is 18.3. The molecule has 6 nitrogen and oxygen atoms in total. The van der Waals surface area contributed by atoms with E-state index in [9.17, 15) is 9.59 Å². The van der Waals surface area contributed by atoms with Gasteiger partial charge < -0.3 is 20.4 Å². The minimum Gasteiger partial charge on any atom is -0.339 e. The summed E-state index contributed by atoms with van der Waals surface area (Å²) in [6, 6.07) is -0.143. The zero-order valence-corrected chi connectivity index (χ0v) is 11.5. The molecule has 1 saturated heterocycles. The number of carbonyl (C=O) groups excluding carboxylic acids is 2. The molecule has 1 aliphatic rings. The molecule has 18 heavy (non-hydrogen) atoms. The van der Waals surface area contributed by atoms with Gasteiger partial charge in [0.15, 0.2) is 0 Å². The zero-order chi connectivity index (χ0) is 13.5. The Kier molecular flexibility index (Phi) is 5.91. The van der Waals surface area contributed by atoms with Crippen molar-refractivity contribution in [2.75, 3.05) is 39.8 Å². The van der Waals surface area contributed by atoms with Crippen molar-refractivity contribution in [3.8, 4) is 0 Å². The van der Waals surface area contributed by atoms with Gasteiger partial charge in [0.25, 0.3) is 0 Å². The van der Waals surface area contributed by atoms with Crippen LogP contribution in [0, 0.1) is 0 Å². The van der Waals surface area contributed by atoms with Crippen LogP contribution in [0.3, 0.4) is 0 Å². The highest BCUT2D eigenvalue weighted by molar-refractivity contribution is 5.84. The Morgan fingerprint density at radius 3 is 2.39 bits per heavy atom. The van der Waals surface area contributed by atoms with Gasteiger partial charge in [-0.2, -0.15) is 0 Å². The van der Waals surface area contributed by atoms with E-state index in [-0.39, 0.29) is 24.5 Å². The monoisotopic (exact) mass is 256 g/mol. The topological polar surface area (TPSA) is 64.7 Å². The number of carbonyl (C=O) groups is 2. The Labute approximate surface area is 109 Å². The number of piperazine rings is 1. The molecule has 1 atom stereocenters. The number of nitrogens with zero attached hydrogens (tertiary/aromatic N) is 2. The summed E-state index contributed by atoms with van der Waals surface area (Å²) in [5.41, 5.74) is 0. The highest BCUT2D eigenvalue weighted by Gasteiger charge is 2.19. The highest BCUT2D eigenvalue weighted by atomic mass is 16.2. The average Bonchev–Trinajstić information content (AvgIpc) is 2.36. The summed E-state index contributed by atoms with van der Waals surface area (Å²) in [6.45, 7) is 7.28. The first kappa shape index (κ1) is 14.8. The largest absolute Gasteiger partial charge is 0.339 e. The molecular formula is C12H24N4O2. The van der Waals surface area contributed by atoms with Gasteiger partial charge >= 0.3 is 6.03 Å². The third kappa shape index (κ3) is 4.91. The van der Waals surface area contributed by atoms with Crippen LogP contribution in [-0.4, -0.2) is 67.6 Å². The SMILES string of the molecule is CCC(C)NC(=O)NCC(=O)N1CCN(C)CC1. The quantitative estimate of drug-likeness (QED) is 0.736. The molecule has 1 aliphatic heterocycles. The number of likely N-dealkylation sites (N-methyl/N-ethyl adjacent to an activating group) is 1. The summed E-state index contributed by atoms with van der Waals surface area (Å²) in [7, 11) is 2.04. The number of hydrogen-bond acceptors (Lipinski definition) is 3. The molecule has 1 unspecified atom stereocenters. The Hall–Kier alpha value is -1.30. The summed E-state index contributed by atoms with van der Waals surface area (Å²) >= 11 is 0. The van der Waals surface area contributed by atoms with Gasteiger partial charge in [0.2, 0.25) is 5.91 Å². The van der Waals surface area contributed by atoms with Crippen LogP contribution in [0.15, 0.2) is 0 Å². The Morgan fingerprint density at radius 1 is 1.22 bits per heavy atom. The third-order valence-electron chi connectivity index (χ3n) is 3.25. The van der Waals surface area contributed by atoms with E-state index in [1.54, 1.807) is 4.90 Å². The number of urea groups is 1. The maximum atomic E-state index is 11.8. The van der Waals surface area contributed by atoms with Crippen molar-refractivity contribution in [3.63, 3.8) is 0 Å². The van der Waals surface area contributed by atoms with Crippen molar-refractivity contribution in [3.05, 3.63) is 0 Å². The van der Waals surface area contributed by atoms with E-state index in [4.69, 9.17) is 0 Å². The van der Waals surface area contributed by atoms with Crippen LogP contribution in [0.25, 0.3) is 0 Å². The summed E-state index contributed by atoms with van der Waals surface area (Å²) in [5, 5.41) is 5.37. The standard InChI is InChI=1S/C12H24N4O2/c1-4-10(2)14-12(18)13-9-11(17)16-7-5-15(3)6-8-16/h10H,4-9H2,1-3H3,(H2,13,14,18). The summed E-state index contributed by atoms with van der Waals surface area (Å²) in [6.07, 6.45) is 0.875. The fourth-order valence-electron chi connectivity index (χ4n) is 1.70. The molecule has 1 fully saturated rings. The van der Waals surface area contributed by atoms with E-state index in [0.29, 0.717) is 0 Å².